The van der Waals surface area contributed by atoms with Gasteiger partial charge in [-0.05, 0) is 42.0 Å². The van der Waals surface area contributed by atoms with Crippen LogP contribution in [0.5, 0.6) is 5.75 Å². The number of anilines is 1. The van der Waals surface area contributed by atoms with E-state index in [2.05, 4.69) is 10.2 Å². The number of ether oxygens (including phenoxy) is 1. The number of aromatic nitrogens is 3. The van der Waals surface area contributed by atoms with Gasteiger partial charge in [0, 0.05) is 12.6 Å². The molecule has 2 aromatic carbocycles. The van der Waals surface area contributed by atoms with Crippen molar-refractivity contribution in [1.82, 2.24) is 14.6 Å². The quantitative estimate of drug-likeness (QED) is 0.437. The third-order valence-corrected chi connectivity index (χ3v) is 6.74. The molecule has 0 saturated heterocycles. The fourth-order valence-corrected chi connectivity index (χ4v) is 4.96. The van der Waals surface area contributed by atoms with E-state index in [-0.39, 0.29) is 22.8 Å². The molecule has 0 amide bonds. The molecule has 0 unspecified atom stereocenters. The first kappa shape index (κ1) is 20.8. The molecule has 2 aromatic heterocycles. The Morgan fingerprint density at radius 2 is 1.84 bits per heavy atom. The molecular formula is C22H21FN4O3S. The summed E-state index contributed by atoms with van der Waals surface area (Å²) >= 11 is 0. The molecule has 7 nitrogen and oxygen atoms in total. The summed E-state index contributed by atoms with van der Waals surface area (Å²) in [5.41, 5.74) is 1.19. The average molecular weight is 441 g/mol. The summed E-state index contributed by atoms with van der Waals surface area (Å²) in [7, 11) is -2.67. The molecule has 2 heterocycles. The number of rotatable bonds is 7. The molecule has 160 valence electrons. The van der Waals surface area contributed by atoms with Crippen LogP contribution in [0.25, 0.3) is 5.65 Å². The minimum Gasteiger partial charge on any atom is -0.494 e. The highest BCUT2D eigenvalue weighted by Crippen LogP contribution is 2.29. The topological polar surface area (TPSA) is 76.8 Å². The van der Waals surface area contributed by atoms with Gasteiger partial charge in [0.15, 0.2) is 17.2 Å². The van der Waals surface area contributed by atoms with Gasteiger partial charge in [-0.15, -0.1) is 10.2 Å². The Balaban J connectivity index is 1.84. The molecule has 0 N–H and O–H groups in total. The van der Waals surface area contributed by atoms with Crippen LogP contribution in [0.4, 0.5) is 10.1 Å². The maximum atomic E-state index is 14.3. The minimum atomic E-state index is -4.05. The first-order chi connectivity index (χ1) is 15.0. The zero-order valence-electron chi connectivity index (χ0n) is 17.1. The largest absolute Gasteiger partial charge is 0.494 e. The Labute approximate surface area is 179 Å². The number of hydrogen-bond acceptors (Lipinski definition) is 5. The predicted octanol–water partition coefficient (Wildman–Crippen LogP) is 3.83. The van der Waals surface area contributed by atoms with Crippen LogP contribution < -0.4 is 9.04 Å². The summed E-state index contributed by atoms with van der Waals surface area (Å²) in [6, 6.07) is 16.2. The summed E-state index contributed by atoms with van der Waals surface area (Å²) in [5.74, 6) is 0.200. The molecule has 0 spiro atoms. The lowest BCUT2D eigenvalue weighted by molar-refractivity contribution is 0.386. The molecular weight excluding hydrogens is 419 g/mol. The van der Waals surface area contributed by atoms with Crippen LogP contribution >= 0.6 is 0 Å². The van der Waals surface area contributed by atoms with Gasteiger partial charge in [-0.25, -0.2) is 12.8 Å². The van der Waals surface area contributed by atoms with Gasteiger partial charge in [0.05, 0.1) is 19.3 Å². The summed E-state index contributed by atoms with van der Waals surface area (Å²) in [5, 5.41) is 8.21. The van der Waals surface area contributed by atoms with E-state index in [0.717, 1.165) is 0 Å². The van der Waals surface area contributed by atoms with Crippen LogP contribution in [0.2, 0.25) is 0 Å². The van der Waals surface area contributed by atoms with Crippen molar-refractivity contribution in [3.63, 3.8) is 0 Å². The highest BCUT2D eigenvalue weighted by molar-refractivity contribution is 7.93. The van der Waals surface area contributed by atoms with Crippen molar-refractivity contribution in [2.24, 2.45) is 0 Å². The van der Waals surface area contributed by atoms with Gasteiger partial charge in [-0.2, -0.15) is 0 Å². The monoisotopic (exact) mass is 440 g/mol. The molecule has 4 rings (SSSR count). The lowest BCUT2D eigenvalue weighted by Gasteiger charge is -2.25. The van der Waals surface area contributed by atoms with Crippen LogP contribution in [0.3, 0.4) is 0 Å². The number of pyridine rings is 1. The van der Waals surface area contributed by atoms with Crippen molar-refractivity contribution in [2.75, 3.05) is 11.4 Å². The molecule has 9 heteroatoms. The fourth-order valence-electron chi connectivity index (χ4n) is 3.38. The second kappa shape index (κ2) is 8.35. The first-order valence-corrected chi connectivity index (χ1v) is 11.1. The third-order valence-electron chi connectivity index (χ3n) is 4.94. The van der Waals surface area contributed by atoms with E-state index in [9.17, 15) is 12.8 Å². The molecule has 0 aliphatic heterocycles. The number of hydrogen-bond donors (Lipinski definition) is 0. The lowest BCUT2D eigenvalue weighted by Crippen LogP contribution is -2.31. The highest BCUT2D eigenvalue weighted by atomic mass is 32.2. The zero-order valence-corrected chi connectivity index (χ0v) is 17.9. The number of fused-ring (bicyclic) bond motifs is 1. The van der Waals surface area contributed by atoms with Crippen molar-refractivity contribution in [3.8, 4) is 5.75 Å². The van der Waals surface area contributed by atoms with Crippen molar-refractivity contribution >= 4 is 21.4 Å². The number of sulfonamides is 1. The molecule has 0 saturated carbocycles. The number of para-hydroxylation sites is 1. The van der Waals surface area contributed by atoms with Crippen molar-refractivity contribution in [2.45, 2.75) is 24.8 Å². The van der Waals surface area contributed by atoms with Crippen LogP contribution in [0.1, 0.15) is 18.3 Å². The lowest BCUT2D eigenvalue weighted by atomic mass is 10.2. The van der Waals surface area contributed by atoms with Crippen molar-refractivity contribution in [3.05, 3.63) is 84.1 Å². The Bertz CT molecular complexity index is 1320. The third kappa shape index (κ3) is 3.84. The van der Waals surface area contributed by atoms with Gasteiger partial charge in [0.1, 0.15) is 10.7 Å². The number of benzene rings is 2. The van der Waals surface area contributed by atoms with Crippen LogP contribution in [-0.4, -0.2) is 30.1 Å². The minimum absolute atomic E-state index is 0.0278. The fraction of sp³-hybridized carbons (Fsp3) is 0.182. The SMILES string of the molecule is CCc1nnc2c(S(=O)(=O)N(Cc3ccc(OC)c(F)c3)c3ccccc3)cccn12. The summed E-state index contributed by atoms with van der Waals surface area (Å²) in [6.07, 6.45) is 2.34. The highest BCUT2D eigenvalue weighted by Gasteiger charge is 2.29. The molecule has 4 aromatic rings. The van der Waals surface area contributed by atoms with Crippen LogP contribution in [0.15, 0.2) is 71.8 Å². The summed E-state index contributed by atoms with van der Waals surface area (Å²) in [6.45, 7) is 1.86. The standard InChI is InChI=1S/C22H21FN4O3S/c1-3-21-24-25-22-20(10-7-13-26(21)22)31(28,29)27(17-8-5-4-6-9-17)15-16-11-12-19(30-2)18(23)14-16/h4-14H,3,15H2,1-2H3. The Morgan fingerprint density at radius 3 is 2.52 bits per heavy atom. The average Bonchev–Trinajstić information content (AvgIpc) is 3.21. The Hall–Kier alpha value is -3.46. The van der Waals surface area contributed by atoms with Gasteiger partial charge in [0.25, 0.3) is 10.0 Å². The number of methoxy groups -OCH3 is 1. The zero-order chi connectivity index (χ0) is 22.0. The number of aryl methyl sites for hydroxylation is 1. The van der Waals surface area contributed by atoms with E-state index in [0.29, 0.717) is 23.5 Å². The molecule has 0 fully saturated rings. The molecule has 0 atom stereocenters. The second-order valence-electron chi connectivity index (χ2n) is 6.85. The molecule has 0 aliphatic carbocycles. The Morgan fingerprint density at radius 1 is 1.06 bits per heavy atom. The summed E-state index contributed by atoms with van der Waals surface area (Å²) < 4.78 is 49.7. The number of halogens is 1. The van der Waals surface area contributed by atoms with Gasteiger partial charge in [0.2, 0.25) is 0 Å². The van der Waals surface area contributed by atoms with Crippen LogP contribution in [0, 0.1) is 5.82 Å². The van der Waals surface area contributed by atoms with E-state index >= 15 is 0 Å². The number of nitrogens with zero attached hydrogens (tertiary/aromatic N) is 4. The van der Waals surface area contributed by atoms with E-state index < -0.39 is 15.8 Å². The summed E-state index contributed by atoms with van der Waals surface area (Å²) in [4.78, 5) is 0.0278. The molecule has 0 bridgehead atoms. The second-order valence-corrected chi connectivity index (χ2v) is 8.68. The molecule has 0 radical (unpaired) electrons. The molecule has 0 aliphatic rings. The first-order valence-electron chi connectivity index (χ1n) is 9.68. The van der Waals surface area contributed by atoms with Gasteiger partial charge < -0.3 is 4.74 Å². The van der Waals surface area contributed by atoms with Gasteiger partial charge >= 0.3 is 0 Å². The normalized spacial score (nSPS) is 11.6. The smallest absolute Gasteiger partial charge is 0.268 e. The maximum Gasteiger partial charge on any atom is 0.268 e. The van der Waals surface area contributed by atoms with E-state index in [1.807, 2.05) is 6.92 Å². The van der Waals surface area contributed by atoms with Gasteiger partial charge in [-0.3, -0.25) is 8.71 Å². The van der Waals surface area contributed by atoms with E-state index in [4.69, 9.17) is 4.74 Å². The predicted molar refractivity (Wildman–Crippen MR) is 115 cm³/mol. The van der Waals surface area contributed by atoms with E-state index in [1.54, 1.807) is 53.1 Å². The maximum absolute atomic E-state index is 14.3. The molecule has 31 heavy (non-hydrogen) atoms. The van der Waals surface area contributed by atoms with E-state index in [1.165, 1.54) is 29.6 Å². The van der Waals surface area contributed by atoms with Crippen molar-refractivity contribution < 1.29 is 17.5 Å². The van der Waals surface area contributed by atoms with Crippen LogP contribution in [-0.2, 0) is 23.0 Å². The Kier molecular flexibility index (Phi) is 5.60. The van der Waals surface area contributed by atoms with Gasteiger partial charge in [-0.1, -0.05) is 31.2 Å². The van der Waals surface area contributed by atoms with Crippen molar-refractivity contribution in [1.29, 1.82) is 0 Å².